The average molecular weight is 322 g/mol. The molecular formula is C20H22N2O2. The Bertz CT molecular complexity index is 783. The molecule has 0 unspecified atom stereocenters. The van der Waals surface area contributed by atoms with Crippen LogP contribution in [0.5, 0.6) is 0 Å². The molecule has 0 fully saturated rings. The highest BCUT2D eigenvalue weighted by atomic mass is 16.2. The summed E-state index contributed by atoms with van der Waals surface area (Å²) in [5, 5.41) is 2.98. The van der Waals surface area contributed by atoms with Crippen molar-refractivity contribution in [1.29, 1.82) is 0 Å². The van der Waals surface area contributed by atoms with Gasteiger partial charge in [-0.1, -0.05) is 50.2 Å². The summed E-state index contributed by atoms with van der Waals surface area (Å²) in [6.45, 7) is 6.38. The highest BCUT2D eigenvalue weighted by molar-refractivity contribution is 6.03. The Morgan fingerprint density at radius 1 is 1.08 bits per heavy atom. The van der Waals surface area contributed by atoms with Gasteiger partial charge in [0, 0.05) is 17.8 Å². The van der Waals surface area contributed by atoms with Crippen LogP contribution < -0.4 is 5.32 Å². The van der Waals surface area contributed by atoms with E-state index in [0.29, 0.717) is 12.1 Å². The van der Waals surface area contributed by atoms with E-state index in [0.717, 1.165) is 16.8 Å². The molecule has 2 aromatic rings. The first-order valence-corrected chi connectivity index (χ1v) is 8.24. The van der Waals surface area contributed by atoms with Crippen LogP contribution in [-0.4, -0.2) is 22.8 Å². The molecule has 0 radical (unpaired) electrons. The molecule has 24 heavy (non-hydrogen) atoms. The standard InChI is InChI=1S/C20H22N2O2/c1-13(2)18(19(23)21-17-11-7-4-8-14(17)3)22-12-15-9-5-6-10-16(15)20(22)24/h4-11,13,18H,12H2,1-3H3,(H,21,23)/t18-/m1/s1. The van der Waals surface area contributed by atoms with Gasteiger partial charge in [-0.3, -0.25) is 9.59 Å². The minimum Gasteiger partial charge on any atom is -0.324 e. The van der Waals surface area contributed by atoms with Gasteiger partial charge in [-0.05, 0) is 36.1 Å². The quantitative estimate of drug-likeness (QED) is 0.935. The number of para-hydroxylation sites is 1. The van der Waals surface area contributed by atoms with Crippen LogP contribution in [-0.2, 0) is 11.3 Å². The van der Waals surface area contributed by atoms with Crippen molar-refractivity contribution in [2.45, 2.75) is 33.4 Å². The molecule has 4 heteroatoms. The lowest BCUT2D eigenvalue weighted by Crippen LogP contribution is -2.47. The Labute approximate surface area is 142 Å². The molecule has 1 aliphatic heterocycles. The van der Waals surface area contributed by atoms with Crippen LogP contribution in [0, 0.1) is 12.8 Å². The van der Waals surface area contributed by atoms with Gasteiger partial charge >= 0.3 is 0 Å². The van der Waals surface area contributed by atoms with Gasteiger partial charge in [0.1, 0.15) is 6.04 Å². The molecule has 2 aromatic carbocycles. The molecule has 1 atom stereocenters. The summed E-state index contributed by atoms with van der Waals surface area (Å²) >= 11 is 0. The Kier molecular flexibility index (Phi) is 4.38. The number of hydrogen-bond donors (Lipinski definition) is 1. The summed E-state index contributed by atoms with van der Waals surface area (Å²) in [5.74, 6) is -0.183. The fourth-order valence-electron chi connectivity index (χ4n) is 3.23. The van der Waals surface area contributed by atoms with E-state index >= 15 is 0 Å². The summed E-state index contributed by atoms with van der Waals surface area (Å²) in [7, 11) is 0. The first kappa shape index (κ1) is 16.2. The maximum atomic E-state index is 12.9. The normalized spacial score (nSPS) is 14.7. The smallest absolute Gasteiger partial charge is 0.255 e. The van der Waals surface area contributed by atoms with Gasteiger partial charge in [-0.25, -0.2) is 0 Å². The maximum absolute atomic E-state index is 12.9. The van der Waals surface area contributed by atoms with Crippen LogP contribution in [0.15, 0.2) is 48.5 Å². The van der Waals surface area contributed by atoms with Crippen molar-refractivity contribution in [3.8, 4) is 0 Å². The molecule has 1 N–H and O–H groups in total. The van der Waals surface area contributed by atoms with E-state index in [1.165, 1.54) is 0 Å². The number of amides is 2. The number of fused-ring (bicyclic) bond motifs is 1. The van der Waals surface area contributed by atoms with Crippen LogP contribution >= 0.6 is 0 Å². The third kappa shape index (κ3) is 2.92. The number of aryl methyl sites for hydroxylation is 1. The average Bonchev–Trinajstić information content (AvgIpc) is 2.87. The molecule has 0 saturated heterocycles. The monoisotopic (exact) mass is 322 g/mol. The van der Waals surface area contributed by atoms with E-state index in [1.54, 1.807) is 4.90 Å². The Morgan fingerprint density at radius 2 is 1.75 bits per heavy atom. The molecule has 0 bridgehead atoms. The largest absolute Gasteiger partial charge is 0.324 e. The number of benzene rings is 2. The zero-order chi connectivity index (χ0) is 17.3. The Morgan fingerprint density at radius 3 is 2.42 bits per heavy atom. The van der Waals surface area contributed by atoms with Crippen LogP contribution in [0.3, 0.4) is 0 Å². The second kappa shape index (κ2) is 6.48. The zero-order valence-corrected chi connectivity index (χ0v) is 14.2. The van der Waals surface area contributed by atoms with Crippen molar-refractivity contribution in [1.82, 2.24) is 4.90 Å². The maximum Gasteiger partial charge on any atom is 0.255 e. The molecule has 0 saturated carbocycles. The highest BCUT2D eigenvalue weighted by Crippen LogP contribution is 2.28. The second-order valence-electron chi connectivity index (χ2n) is 6.58. The zero-order valence-electron chi connectivity index (χ0n) is 14.2. The van der Waals surface area contributed by atoms with E-state index in [1.807, 2.05) is 69.3 Å². The van der Waals surface area contributed by atoms with Crippen molar-refractivity contribution < 1.29 is 9.59 Å². The SMILES string of the molecule is Cc1ccccc1NC(=O)[C@@H](C(C)C)N1Cc2ccccc2C1=O. The third-order valence-corrected chi connectivity index (χ3v) is 4.49. The molecule has 0 aromatic heterocycles. The van der Waals surface area contributed by atoms with Gasteiger partial charge in [0.25, 0.3) is 5.91 Å². The number of hydrogen-bond acceptors (Lipinski definition) is 2. The molecular weight excluding hydrogens is 300 g/mol. The van der Waals surface area contributed by atoms with Gasteiger partial charge in [-0.15, -0.1) is 0 Å². The number of nitrogens with zero attached hydrogens (tertiary/aromatic N) is 1. The van der Waals surface area contributed by atoms with E-state index in [9.17, 15) is 9.59 Å². The minimum atomic E-state index is -0.496. The molecule has 4 nitrogen and oxygen atoms in total. The van der Waals surface area contributed by atoms with E-state index in [2.05, 4.69) is 5.32 Å². The van der Waals surface area contributed by atoms with E-state index in [-0.39, 0.29) is 17.7 Å². The lowest BCUT2D eigenvalue weighted by atomic mass is 10.0. The fourth-order valence-corrected chi connectivity index (χ4v) is 3.23. The van der Waals surface area contributed by atoms with Crippen LogP contribution in [0.25, 0.3) is 0 Å². The molecule has 3 rings (SSSR count). The minimum absolute atomic E-state index is 0.0206. The number of carbonyl (C=O) groups is 2. The topological polar surface area (TPSA) is 49.4 Å². The van der Waals surface area contributed by atoms with Crippen molar-refractivity contribution in [2.24, 2.45) is 5.92 Å². The van der Waals surface area contributed by atoms with Gasteiger partial charge in [0.05, 0.1) is 0 Å². The second-order valence-corrected chi connectivity index (χ2v) is 6.58. The van der Waals surface area contributed by atoms with Gasteiger partial charge in [0.2, 0.25) is 5.91 Å². The number of anilines is 1. The Balaban J connectivity index is 1.85. The lowest BCUT2D eigenvalue weighted by molar-refractivity contribution is -0.122. The van der Waals surface area contributed by atoms with E-state index in [4.69, 9.17) is 0 Å². The first-order chi connectivity index (χ1) is 11.5. The molecule has 0 aliphatic carbocycles. The molecule has 1 heterocycles. The molecule has 2 amide bonds. The number of carbonyl (C=O) groups excluding carboxylic acids is 2. The fraction of sp³-hybridized carbons (Fsp3) is 0.300. The van der Waals surface area contributed by atoms with Gasteiger partial charge in [0.15, 0.2) is 0 Å². The summed E-state index contributed by atoms with van der Waals surface area (Å²) < 4.78 is 0. The first-order valence-electron chi connectivity index (χ1n) is 8.24. The highest BCUT2D eigenvalue weighted by Gasteiger charge is 2.37. The summed E-state index contributed by atoms with van der Waals surface area (Å²) in [4.78, 5) is 27.3. The van der Waals surface area contributed by atoms with Crippen molar-refractivity contribution >= 4 is 17.5 Å². The van der Waals surface area contributed by atoms with Crippen LogP contribution in [0.2, 0.25) is 0 Å². The van der Waals surface area contributed by atoms with Crippen molar-refractivity contribution in [3.63, 3.8) is 0 Å². The van der Waals surface area contributed by atoms with Crippen LogP contribution in [0.4, 0.5) is 5.69 Å². The van der Waals surface area contributed by atoms with Gasteiger partial charge < -0.3 is 10.2 Å². The predicted molar refractivity (Wildman–Crippen MR) is 94.8 cm³/mol. The van der Waals surface area contributed by atoms with Crippen molar-refractivity contribution in [3.05, 3.63) is 65.2 Å². The van der Waals surface area contributed by atoms with Gasteiger partial charge in [-0.2, -0.15) is 0 Å². The Hall–Kier alpha value is -2.62. The number of rotatable bonds is 4. The van der Waals surface area contributed by atoms with E-state index < -0.39 is 6.04 Å². The predicted octanol–water partition coefficient (Wildman–Crippen LogP) is 3.61. The van der Waals surface area contributed by atoms with Crippen LogP contribution in [0.1, 0.15) is 35.3 Å². The third-order valence-electron chi connectivity index (χ3n) is 4.49. The summed E-state index contributed by atoms with van der Waals surface area (Å²) in [6, 6.07) is 14.7. The lowest BCUT2D eigenvalue weighted by Gasteiger charge is -2.30. The summed E-state index contributed by atoms with van der Waals surface area (Å²) in [5.41, 5.74) is 3.48. The molecule has 124 valence electrons. The number of nitrogens with one attached hydrogen (secondary N) is 1. The molecule has 0 spiro atoms. The summed E-state index contributed by atoms with van der Waals surface area (Å²) in [6.07, 6.45) is 0. The van der Waals surface area contributed by atoms with Crippen molar-refractivity contribution in [2.75, 3.05) is 5.32 Å². The molecule has 1 aliphatic rings.